The molecule has 1 aromatic carbocycles. The summed E-state index contributed by atoms with van der Waals surface area (Å²) in [6.45, 7) is 2.62. The van der Waals surface area contributed by atoms with Gasteiger partial charge in [0.25, 0.3) is 0 Å². The summed E-state index contributed by atoms with van der Waals surface area (Å²) >= 11 is 0. The Kier molecular flexibility index (Phi) is 4.78. The summed E-state index contributed by atoms with van der Waals surface area (Å²) in [4.78, 5) is 17.7. The highest BCUT2D eigenvalue weighted by Gasteiger charge is 2.21. The minimum absolute atomic E-state index is 0.0755. The van der Waals surface area contributed by atoms with Crippen molar-refractivity contribution in [1.29, 1.82) is 0 Å². The van der Waals surface area contributed by atoms with Crippen molar-refractivity contribution in [3.05, 3.63) is 24.3 Å². The van der Waals surface area contributed by atoms with E-state index in [4.69, 9.17) is 5.73 Å². The van der Waals surface area contributed by atoms with E-state index in [0.29, 0.717) is 19.1 Å². The van der Waals surface area contributed by atoms with Crippen LogP contribution in [-0.2, 0) is 11.3 Å². The first-order valence-corrected chi connectivity index (χ1v) is 8.00. The molecular formula is C16H23N5O2. The van der Waals surface area contributed by atoms with Crippen LogP contribution in [-0.4, -0.2) is 57.7 Å². The molecule has 2 heterocycles. The summed E-state index contributed by atoms with van der Waals surface area (Å²) < 4.78 is 2.02. The number of likely N-dealkylation sites (tertiary alicyclic amines) is 1. The molecule has 124 valence electrons. The van der Waals surface area contributed by atoms with Crippen molar-refractivity contribution in [2.45, 2.75) is 25.4 Å². The van der Waals surface area contributed by atoms with E-state index in [9.17, 15) is 9.90 Å². The number of benzene rings is 1. The predicted molar refractivity (Wildman–Crippen MR) is 89.1 cm³/mol. The van der Waals surface area contributed by atoms with Crippen molar-refractivity contribution >= 4 is 22.9 Å². The minimum atomic E-state index is -0.277. The number of aliphatic hydroxyl groups excluding tert-OH is 1. The topological polar surface area (TPSA) is 96.4 Å². The summed E-state index contributed by atoms with van der Waals surface area (Å²) in [5.74, 6) is 0.523. The molecule has 0 bridgehead atoms. The lowest BCUT2D eigenvalue weighted by atomic mass is 10.1. The average molecular weight is 317 g/mol. The minimum Gasteiger partial charge on any atom is -0.395 e. The number of nitrogens with two attached hydrogens (primary N) is 1. The van der Waals surface area contributed by atoms with E-state index in [-0.39, 0.29) is 12.5 Å². The van der Waals surface area contributed by atoms with Gasteiger partial charge in [0.15, 0.2) is 0 Å². The van der Waals surface area contributed by atoms with E-state index in [2.05, 4.69) is 15.2 Å². The van der Waals surface area contributed by atoms with E-state index in [1.54, 1.807) is 0 Å². The molecule has 0 unspecified atom stereocenters. The SMILES string of the molecule is NC(=O)CN1CCC(Nc2nc3ccccc3n2CCO)CC1. The number of piperidine rings is 1. The van der Waals surface area contributed by atoms with Crippen LogP contribution in [0.4, 0.5) is 5.95 Å². The summed E-state index contributed by atoms with van der Waals surface area (Å²) in [6, 6.07) is 8.24. The van der Waals surface area contributed by atoms with Gasteiger partial charge >= 0.3 is 0 Å². The van der Waals surface area contributed by atoms with Gasteiger partial charge in [-0.2, -0.15) is 0 Å². The molecule has 0 spiro atoms. The number of carbonyl (C=O) groups excluding carboxylic acids is 1. The van der Waals surface area contributed by atoms with Crippen LogP contribution in [0.5, 0.6) is 0 Å². The van der Waals surface area contributed by atoms with Crippen LogP contribution in [0.25, 0.3) is 11.0 Å². The molecule has 3 rings (SSSR count). The van der Waals surface area contributed by atoms with Crippen LogP contribution in [0.1, 0.15) is 12.8 Å². The van der Waals surface area contributed by atoms with Crippen LogP contribution in [0.2, 0.25) is 0 Å². The molecule has 4 N–H and O–H groups in total. The van der Waals surface area contributed by atoms with E-state index in [1.165, 1.54) is 0 Å². The molecule has 0 aliphatic carbocycles. The second kappa shape index (κ2) is 6.97. The van der Waals surface area contributed by atoms with Crippen molar-refractivity contribution in [3.63, 3.8) is 0 Å². The number of amides is 1. The maximum atomic E-state index is 11.0. The Labute approximate surface area is 135 Å². The molecule has 0 saturated carbocycles. The molecule has 23 heavy (non-hydrogen) atoms. The number of anilines is 1. The fourth-order valence-corrected chi connectivity index (χ4v) is 3.15. The number of primary amides is 1. The standard InChI is InChI=1S/C16H23N5O2/c17-15(23)11-20-7-5-12(6-8-20)18-16-19-13-3-1-2-4-14(13)21(16)9-10-22/h1-4,12,22H,5-11H2,(H2,17,23)(H,18,19). The van der Waals surface area contributed by atoms with Crippen molar-refractivity contribution in [2.75, 3.05) is 31.6 Å². The summed E-state index contributed by atoms with van der Waals surface area (Å²) in [6.07, 6.45) is 1.88. The van der Waals surface area contributed by atoms with E-state index >= 15 is 0 Å². The Hall–Kier alpha value is -2.12. The maximum Gasteiger partial charge on any atom is 0.231 e. The van der Waals surface area contributed by atoms with Crippen LogP contribution >= 0.6 is 0 Å². The van der Waals surface area contributed by atoms with Crippen molar-refractivity contribution in [3.8, 4) is 0 Å². The smallest absolute Gasteiger partial charge is 0.231 e. The Morgan fingerprint density at radius 3 is 2.78 bits per heavy atom. The molecule has 1 aliphatic rings. The highest BCUT2D eigenvalue weighted by atomic mass is 16.3. The Morgan fingerprint density at radius 1 is 1.35 bits per heavy atom. The van der Waals surface area contributed by atoms with Gasteiger partial charge in [0.2, 0.25) is 11.9 Å². The fraction of sp³-hybridized carbons (Fsp3) is 0.500. The number of nitrogens with zero attached hydrogens (tertiary/aromatic N) is 3. The zero-order valence-electron chi connectivity index (χ0n) is 13.1. The lowest BCUT2D eigenvalue weighted by Gasteiger charge is -2.31. The molecule has 2 aromatic rings. The number of imidazole rings is 1. The molecule has 1 saturated heterocycles. The summed E-state index contributed by atoms with van der Waals surface area (Å²) in [5, 5.41) is 12.8. The van der Waals surface area contributed by atoms with Gasteiger partial charge in [0, 0.05) is 25.7 Å². The first-order chi connectivity index (χ1) is 11.2. The second-order valence-corrected chi connectivity index (χ2v) is 5.96. The van der Waals surface area contributed by atoms with Crippen LogP contribution in [0, 0.1) is 0 Å². The normalized spacial score (nSPS) is 16.7. The lowest BCUT2D eigenvalue weighted by molar-refractivity contribution is -0.119. The Bertz CT molecular complexity index is 676. The molecule has 0 radical (unpaired) electrons. The van der Waals surface area contributed by atoms with E-state index in [1.807, 2.05) is 28.8 Å². The number of carbonyl (C=O) groups is 1. The largest absolute Gasteiger partial charge is 0.395 e. The Balaban J connectivity index is 1.70. The van der Waals surface area contributed by atoms with Gasteiger partial charge in [-0.25, -0.2) is 4.98 Å². The van der Waals surface area contributed by atoms with Gasteiger partial charge in [-0.1, -0.05) is 12.1 Å². The van der Waals surface area contributed by atoms with Crippen molar-refractivity contribution in [1.82, 2.24) is 14.5 Å². The van der Waals surface area contributed by atoms with Crippen molar-refractivity contribution in [2.24, 2.45) is 5.73 Å². The number of aromatic nitrogens is 2. The number of para-hydroxylation sites is 2. The van der Waals surface area contributed by atoms with Gasteiger partial charge in [0.05, 0.1) is 24.2 Å². The zero-order valence-corrected chi connectivity index (χ0v) is 13.1. The molecule has 1 aliphatic heterocycles. The summed E-state index contributed by atoms with van der Waals surface area (Å²) in [7, 11) is 0. The second-order valence-electron chi connectivity index (χ2n) is 5.96. The third kappa shape index (κ3) is 3.62. The van der Waals surface area contributed by atoms with Crippen LogP contribution in [0.3, 0.4) is 0 Å². The monoisotopic (exact) mass is 317 g/mol. The molecule has 1 fully saturated rings. The van der Waals surface area contributed by atoms with Crippen LogP contribution in [0.15, 0.2) is 24.3 Å². The highest BCUT2D eigenvalue weighted by molar-refractivity contribution is 5.78. The summed E-state index contributed by atoms with van der Waals surface area (Å²) in [5.41, 5.74) is 7.19. The van der Waals surface area contributed by atoms with Gasteiger partial charge < -0.3 is 20.7 Å². The molecule has 0 atom stereocenters. The molecule has 1 aromatic heterocycles. The van der Waals surface area contributed by atoms with Gasteiger partial charge in [-0.15, -0.1) is 0 Å². The van der Waals surface area contributed by atoms with E-state index in [0.717, 1.165) is 42.9 Å². The number of fused-ring (bicyclic) bond motifs is 1. The van der Waals surface area contributed by atoms with Crippen molar-refractivity contribution < 1.29 is 9.90 Å². The fourth-order valence-electron chi connectivity index (χ4n) is 3.15. The third-order valence-corrected chi connectivity index (χ3v) is 4.28. The number of rotatable bonds is 6. The zero-order chi connectivity index (χ0) is 16.2. The van der Waals surface area contributed by atoms with E-state index < -0.39 is 0 Å². The molecular weight excluding hydrogens is 294 g/mol. The lowest BCUT2D eigenvalue weighted by Crippen LogP contribution is -2.43. The van der Waals surface area contributed by atoms with Gasteiger partial charge in [0.1, 0.15) is 0 Å². The average Bonchev–Trinajstić information content (AvgIpc) is 2.87. The molecule has 7 nitrogen and oxygen atoms in total. The first kappa shape index (κ1) is 15.8. The molecule has 7 heteroatoms. The predicted octanol–water partition coefficient (Wildman–Crippen LogP) is 0.390. The number of hydrogen-bond donors (Lipinski definition) is 3. The molecule has 1 amide bonds. The van der Waals surface area contributed by atoms with Gasteiger partial charge in [-0.05, 0) is 25.0 Å². The Morgan fingerprint density at radius 2 is 2.09 bits per heavy atom. The number of hydrogen-bond acceptors (Lipinski definition) is 5. The third-order valence-electron chi connectivity index (χ3n) is 4.28. The first-order valence-electron chi connectivity index (χ1n) is 8.00. The number of nitrogens with one attached hydrogen (secondary N) is 1. The van der Waals surface area contributed by atoms with Gasteiger partial charge in [-0.3, -0.25) is 9.69 Å². The number of aliphatic hydroxyl groups is 1. The highest BCUT2D eigenvalue weighted by Crippen LogP contribution is 2.22. The quantitative estimate of drug-likeness (QED) is 0.716. The maximum absolute atomic E-state index is 11.0. The van der Waals surface area contributed by atoms with Crippen LogP contribution < -0.4 is 11.1 Å².